The summed E-state index contributed by atoms with van der Waals surface area (Å²) in [6, 6.07) is 6.75. The minimum atomic E-state index is 0.290. The molecule has 0 heterocycles. The number of halogens is 1. The van der Waals surface area contributed by atoms with E-state index < -0.39 is 0 Å². The van der Waals surface area contributed by atoms with Crippen LogP contribution in [0.5, 0.6) is 0 Å². The summed E-state index contributed by atoms with van der Waals surface area (Å²) in [6.45, 7) is 10.6. The summed E-state index contributed by atoms with van der Waals surface area (Å²) < 4.78 is 0. The highest BCUT2D eigenvalue weighted by Gasteiger charge is 2.12. The first-order chi connectivity index (χ1) is 9.99. The Morgan fingerprint density at radius 1 is 1.14 bits per heavy atom. The van der Waals surface area contributed by atoms with Crippen molar-refractivity contribution in [3.05, 3.63) is 28.8 Å². The molecule has 0 bridgehead atoms. The highest BCUT2D eigenvalue weighted by atomic mass is 35.5. The van der Waals surface area contributed by atoms with Crippen LogP contribution in [0.15, 0.2) is 18.2 Å². The molecule has 0 aliphatic rings. The second-order valence-electron chi connectivity index (χ2n) is 5.78. The molecule has 4 heteroatoms. The van der Waals surface area contributed by atoms with Gasteiger partial charge in [-0.2, -0.15) is 0 Å². The minimum Gasteiger partial charge on any atom is -0.370 e. The summed E-state index contributed by atoms with van der Waals surface area (Å²) >= 11 is 6.49. The van der Waals surface area contributed by atoms with Gasteiger partial charge in [0, 0.05) is 36.4 Å². The van der Waals surface area contributed by atoms with Crippen molar-refractivity contribution in [2.75, 3.05) is 45.2 Å². The van der Waals surface area contributed by atoms with Crippen molar-refractivity contribution in [1.29, 1.82) is 0 Å². The van der Waals surface area contributed by atoms with Crippen LogP contribution >= 0.6 is 11.6 Å². The maximum absolute atomic E-state index is 6.49. The molecule has 0 aromatic heterocycles. The Labute approximate surface area is 135 Å². The van der Waals surface area contributed by atoms with Gasteiger partial charge >= 0.3 is 0 Å². The van der Waals surface area contributed by atoms with E-state index in [1.807, 2.05) is 0 Å². The maximum atomic E-state index is 6.49. The smallest absolute Gasteiger partial charge is 0.0474 e. The summed E-state index contributed by atoms with van der Waals surface area (Å²) in [4.78, 5) is 4.62. The van der Waals surface area contributed by atoms with Crippen LogP contribution in [0.4, 0.5) is 5.69 Å². The van der Waals surface area contributed by atoms with E-state index in [2.05, 4.69) is 68.2 Å². The van der Waals surface area contributed by atoms with Crippen LogP contribution in [-0.2, 0) is 0 Å². The Hall–Kier alpha value is -0.770. The molecule has 0 fully saturated rings. The van der Waals surface area contributed by atoms with Gasteiger partial charge in [-0.3, -0.25) is 0 Å². The average Bonchev–Trinajstić information content (AvgIpc) is 2.43. The van der Waals surface area contributed by atoms with E-state index in [1.54, 1.807) is 0 Å². The first-order valence-electron chi connectivity index (χ1n) is 7.92. The second-order valence-corrected chi connectivity index (χ2v) is 6.18. The van der Waals surface area contributed by atoms with E-state index >= 15 is 0 Å². The van der Waals surface area contributed by atoms with Crippen LogP contribution in [0, 0.1) is 0 Å². The quantitative estimate of drug-likeness (QED) is 0.748. The molecule has 0 saturated heterocycles. The fourth-order valence-corrected chi connectivity index (χ4v) is 2.78. The summed E-state index contributed by atoms with van der Waals surface area (Å²) in [5.74, 6) is 0. The Morgan fingerprint density at radius 2 is 1.86 bits per heavy atom. The molecule has 0 spiro atoms. The average molecular weight is 312 g/mol. The molecule has 120 valence electrons. The molecule has 21 heavy (non-hydrogen) atoms. The third-order valence-corrected chi connectivity index (χ3v) is 3.96. The van der Waals surface area contributed by atoms with Crippen LogP contribution in [0.25, 0.3) is 0 Å². The van der Waals surface area contributed by atoms with Gasteiger partial charge in [0.05, 0.1) is 0 Å². The highest BCUT2D eigenvalue weighted by molar-refractivity contribution is 6.31. The lowest BCUT2D eigenvalue weighted by molar-refractivity contribution is 0.413. The van der Waals surface area contributed by atoms with Gasteiger partial charge in [-0.25, -0.2) is 0 Å². The number of anilines is 1. The predicted octanol–water partition coefficient (Wildman–Crippen LogP) is 3.79. The third-order valence-electron chi connectivity index (χ3n) is 3.64. The summed E-state index contributed by atoms with van der Waals surface area (Å²) in [5, 5.41) is 4.27. The summed E-state index contributed by atoms with van der Waals surface area (Å²) in [5.41, 5.74) is 2.39. The van der Waals surface area contributed by atoms with Crippen LogP contribution in [0.1, 0.15) is 38.8 Å². The first kappa shape index (κ1) is 18.3. The molecule has 0 amide bonds. The normalized spacial score (nSPS) is 12.7. The lowest BCUT2D eigenvalue weighted by Crippen LogP contribution is -2.32. The molecule has 3 nitrogen and oxygen atoms in total. The summed E-state index contributed by atoms with van der Waals surface area (Å²) in [6.07, 6.45) is 1.14. The number of hydrogen-bond donors (Lipinski definition) is 1. The molecule has 1 atom stereocenters. The van der Waals surface area contributed by atoms with Crippen LogP contribution < -0.4 is 10.2 Å². The second kappa shape index (κ2) is 9.29. The van der Waals surface area contributed by atoms with E-state index in [0.29, 0.717) is 0 Å². The van der Waals surface area contributed by atoms with Crippen LogP contribution in [-0.4, -0.2) is 45.2 Å². The van der Waals surface area contributed by atoms with Crippen LogP contribution in [0.3, 0.4) is 0 Å². The molecule has 1 unspecified atom stereocenters. The van der Waals surface area contributed by atoms with Gasteiger partial charge in [0.25, 0.3) is 0 Å². The maximum Gasteiger partial charge on any atom is 0.0474 e. The molecular weight excluding hydrogens is 282 g/mol. The van der Waals surface area contributed by atoms with Crippen molar-refractivity contribution in [3.8, 4) is 0 Å². The Kier molecular flexibility index (Phi) is 8.09. The van der Waals surface area contributed by atoms with E-state index in [9.17, 15) is 0 Å². The monoisotopic (exact) mass is 311 g/mol. The van der Waals surface area contributed by atoms with Gasteiger partial charge in [-0.15, -0.1) is 0 Å². The zero-order valence-electron chi connectivity index (χ0n) is 14.1. The van der Waals surface area contributed by atoms with Crippen molar-refractivity contribution >= 4 is 17.3 Å². The molecule has 1 rings (SSSR count). The molecule has 0 aliphatic heterocycles. The van der Waals surface area contributed by atoms with E-state index in [1.165, 1.54) is 11.3 Å². The van der Waals surface area contributed by atoms with Gasteiger partial charge in [0.1, 0.15) is 0 Å². The highest BCUT2D eigenvalue weighted by Crippen LogP contribution is 2.28. The van der Waals surface area contributed by atoms with E-state index in [0.717, 1.165) is 37.6 Å². The molecule has 0 saturated carbocycles. The molecule has 1 aromatic rings. The SMILES string of the molecule is CCCN(CCN(C)C)c1ccc(C(C)NCC)c(Cl)c1. The molecule has 0 radical (unpaired) electrons. The van der Waals surface area contributed by atoms with Gasteiger partial charge in [-0.1, -0.05) is 31.5 Å². The Balaban J connectivity index is 2.87. The van der Waals surface area contributed by atoms with Crippen molar-refractivity contribution in [2.45, 2.75) is 33.2 Å². The fraction of sp³-hybridized carbons (Fsp3) is 0.647. The number of rotatable bonds is 9. The predicted molar refractivity (Wildman–Crippen MR) is 94.6 cm³/mol. The molecular formula is C17H30ClN3. The third kappa shape index (κ3) is 5.85. The fourth-order valence-electron chi connectivity index (χ4n) is 2.44. The van der Waals surface area contributed by atoms with Gasteiger partial charge in [0.2, 0.25) is 0 Å². The van der Waals surface area contributed by atoms with Gasteiger partial charge < -0.3 is 15.1 Å². The zero-order chi connectivity index (χ0) is 15.8. The van der Waals surface area contributed by atoms with E-state index in [-0.39, 0.29) is 6.04 Å². The number of nitrogens with one attached hydrogen (secondary N) is 1. The lowest BCUT2D eigenvalue weighted by atomic mass is 10.1. The first-order valence-corrected chi connectivity index (χ1v) is 8.29. The Morgan fingerprint density at radius 3 is 2.38 bits per heavy atom. The van der Waals surface area contributed by atoms with Crippen molar-refractivity contribution in [1.82, 2.24) is 10.2 Å². The Bertz CT molecular complexity index is 420. The molecule has 0 aliphatic carbocycles. The zero-order valence-corrected chi connectivity index (χ0v) is 14.9. The number of hydrogen-bond acceptors (Lipinski definition) is 3. The minimum absolute atomic E-state index is 0.290. The number of nitrogens with zero attached hydrogens (tertiary/aromatic N) is 2. The molecule has 1 N–H and O–H groups in total. The topological polar surface area (TPSA) is 18.5 Å². The van der Waals surface area contributed by atoms with E-state index in [4.69, 9.17) is 11.6 Å². The molecule has 1 aromatic carbocycles. The van der Waals surface area contributed by atoms with Crippen molar-refractivity contribution in [3.63, 3.8) is 0 Å². The number of benzene rings is 1. The van der Waals surface area contributed by atoms with Gasteiger partial charge in [-0.05, 0) is 51.7 Å². The van der Waals surface area contributed by atoms with Crippen LogP contribution in [0.2, 0.25) is 5.02 Å². The van der Waals surface area contributed by atoms with Crippen molar-refractivity contribution in [2.24, 2.45) is 0 Å². The van der Waals surface area contributed by atoms with Gasteiger partial charge in [0.15, 0.2) is 0 Å². The summed E-state index contributed by atoms with van der Waals surface area (Å²) in [7, 11) is 4.22. The lowest BCUT2D eigenvalue weighted by Gasteiger charge is -2.27. The number of likely N-dealkylation sites (N-methyl/N-ethyl adjacent to an activating group) is 1. The van der Waals surface area contributed by atoms with Crippen molar-refractivity contribution < 1.29 is 0 Å². The largest absolute Gasteiger partial charge is 0.370 e. The standard InChI is InChI=1S/C17H30ClN3/c1-6-10-21(12-11-20(4)5)15-8-9-16(17(18)13-15)14(3)19-7-2/h8-9,13-14,19H,6-7,10-12H2,1-5H3.